The van der Waals surface area contributed by atoms with Crippen molar-refractivity contribution in [3.63, 3.8) is 0 Å². The lowest BCUT2D eigenvalue weighted by Gasteiger charge is -2.17. The topological polar surface area (TPSA) is 20.3 Å². The standard InChI is InChI=1S/C7H13INO/c1-3-9(4-2)5-7(8)6-10/h7H,3-5H2,1-2H3. The van der Waals surface area contributed by atoms with Gasteiger partial charge in [-0.3, -0.25) is 4.79 Å². The fourth-order valence-corrected chi connectivity index (χ4v) is 1.30. The molecule has 1 unspecified atom stereocenters. The summed E-state index contributed by atoms with van der Waals surface area (Å²) in [6, 6.07) is 0. The number of carbonyl (C=O) groups excluding carboxylic acids is 1. The van der Waals surface area contributed by atoms with Crippen LogP contribution in [0.4, 0.5) is 0 Å². The van der Waals surface area contributed by atoms with Gasteiger partial charge in [0.1, 0.15) is 0 Å². The molecule has 0 saturated heterocycles. The molecule has 0 aliphatic carbocycles. The Balaban J connectivity index is 3.51. The van der Waals surface area contributed by atoms with Crippen LogP contribution in [0.3, 0.4) is 0 Å². The highest BCUT2D eigenvalue weighted by molar-refractivity contribution is 14.1. The summed E-state index contributed by atoms with van der Waals surface area (Å²) in [7, 11) is 0. The van der Waals surface area contributed by atoms with E-state index in [-0.39, 0.29) is 3.92 Å². The average molecular weight is 254 g/mol. The Morgan fingerprint density at radius 1 is 1.50 bits per heavy atom. The second-order valence-electron chi connectivity index (χ2n) is 2.07. The number of halogens is 1. The second-order valence-corrected chi connectivity index (χ2v) is 3.57. The molecule has 0 heterocycles. The van der Waals surface area contributed by atoms with E-state index in [4.69, 9.17) is 0 Å². The molecule has 2 nitrogen and oxygen atoms in total. The maximum absolute atomic E-state index is 10.1. The zero-order chi connectivity index (χ0) is 7.98. The number of alkyl halides is 1. The maximum Gasteiger partial charge on any atom is 0.213 e. The van der Waals surface area contributed by atoms with Gasteiger partial charge in [-0.05, 0) is 13.1 Å². The van der Waals surface area contributed by atoms with Crippen LogP contribution in [-0.2, 0) is 4.79 Å². The van der Waals surface area contributed by atoms with Crippen molar-refractivity contribution in [1.29, 1.82) is 0 Å². The molecule has 0 N–H and O–H groups in total. The van der Waals surface area contributed by atoms with Crippen LogP contribution in [0.15, 0.2) is 0 Å². The lowest BCUT2D eigenvalue weighted by atomic mass is 10.4. The highest BCUT2D eigenvalue weighted by Crippen LogP contribution is 1.99. The number of nitrogens with zero attached hydrogens (tertiary/aromatic N) is 1. The normalized spacial score (nSPS) is 13.6. The Hall–Kier alpha value is 0.360. The first kappa shape index (κ1) is 10.4. The highest BCUT2D eigenvalue weighted by atomic mass is 127. The highest BCUT2D eigenvalue weighted by Gasteiger charge is 2.06. The minimum atomic E-state index is 0.0255. The monoisotopic (exact) mass is 254 g/mol. The lowest BCUT2D eigenvalue weighted by Crippen LogP contribution is -2.29. The van der Waals surface area contributed by atoms with Gasteiger partial charge in [0.15, 0.2) is 0 Å². The Morgan fingerprint density at radius 3 is 2.30 bits per heavy atom. The molecule has 59 valence electrons. The van der Waals surface area contributed by atoms with E-state index < -0.39 is 0 Å². The summed E-state index contributed by atoms with van der Waals surface area (Å²) in [5.41, 5.74) is 0. The minimum Gasteiger partial charge on any atom is -0.302 e. The quantitative estimate of drug-likeness (QED) is 0.543. The molecule has 1 atom stereocenters. The number of rotatable bonds is 5. The van der Waals surface area contributed by atoms with Crippen molar-refractivity contribution in [2.24, 2.45) is 0 Å². The fraction of sp³-hybridized carbons (Fsp3) is 0.857. The van der Waals surface area contributed by atoms with Gasteiger partial charge in [0.2, 0.25) is 6.29 Å². The van der Waals surface area contributed by atoms with Crippen LogP contribution in [0.2, 0.25) is 0 Å². The zero-order valence-electron chi connectivity index (χ0n) is 6.43. The van der Waals surface area contributed by atoms with Crippen molar-refractivity contribution in [3.8, 4) is 0 Å². The molecule has 10 heavy (non-hydrogen) atoms. The average Bonchev–Trinajstić information content (AvgIpc) is 1.99. The third kappa shape index (κ3) is 4.22. The summed E-state index contributed by atoms with van der Waals surface area (Å²) < 4.78 is 0.0255. The summed E-state index contributed by atoms with van der Waals surface area (Å²) in [4.78, 5) is 12.3. The second kappa shape index (κ2) is 6.09. The van der Waals surface area contributed by atoms with E-state index in [0.717, 1.165) is 19.6 Å². The Bertz CT molecular complexity index is 93.6. The van der Waals surface area contributed by atoms with E-state index in [1.807, 2.05) is 6.29 Å². The molecule has 0 saturated carbocycles. The lowest BCUT2D eigenvalue weighted by molar-refractivity contribution is 0.317. The Morgan fingerprint density at radius 2 is 2.00 bits per heavy atom. The van der Waals surface area contributed by atoms with Crippen LogP contribution < -0.4 is 0 Å². The third-order valence-electron chi connectivity index (χ3n) is 1.44. The van der Waals surface area contributed by atoms with Crippen LogP contribution >= 0.6 is 22.6 Å². The van der Waals surface area contributed by atoms with Crippen molar-refractivity contribution in [2.45, 2.75) is 17.8 Å². The van der Waals surface area contributed by atoms with Crippen LogP contribution in [-0.4, -0.2) is 34.7 Å². The number of hydrogen-bond acceptors (Lipinski definition) is 2. The molecule has 0 aromatic carbocycles. The summed E-state index contributed by atoms with van der Waals surface area (Å²) in [5.74, 6) is 0. The van der Waals surface area contributed by atoms with Gasteiger partial charge < -0.3 is 4.90 Å². The largest absolute Gasteiger partial charge is 0.302 e. The molecule has 3 heteroatoms. The van der Waals surface area contributed by atoms with Crippen LogP contribution in [0.25, 0.3) is 0 Å². The van der Waals surface area contributed by atoms with Crippen molar-refractivity contribution in [1.82, 2.24) is 4.90 Å². The first-order chi connectivity index (χ1) is 4.74. The van der Waals surface area contributed by atoms with E-state index in [0.29, 0.717) is 0 Å². The van der Waals surface area contributed by atoms with Gasteiger partial charge in [-0.25, -0.2) is 0 Å². The molecule has 0 amide bonds. The first-order valence-corrected chi connectivity index (χ1v) is 4.73. The molecule has 0 aromatic heterocycles. The van der Waals surface area contributed by atoms with Crippen molar-refractivity contribution in [2.75, 3.05) is 19.6 Å². The molecular formula is C7H13INO. The molecule has 0 aliphatic heterocycles. The predicted octanol–water partition coefficient (Wildman–Crippen LogP) is 1.24. The fourth-order valence-electron chi connectivity index (χ4n) is 0.746. The van der Waals surface area contributed by atoms with Gasteiger partial charge in [-0.15, -0.1) is 0 Å². The van der Waals surface area contributed by atoms with Gasteiger partial charge in [0, 0.05) is 6.54 Å². The van der Waals surface area contributed by atoms with E-state index in [1.165, 1.54) is 0 Å². The minimum absolute atomic E-state index is 0.0255. The summed E-state index contributed by atoms with van der Waals surface area (Å²) in [6.07, 6.45) is 1.96. The molecule has 0 fully saturated rings. The third-order valence-corrected chi connectivity index (χ3v) is 2.09. The van der Waals surface area contributed by atoms with Crippen LogP contribution in [0.5, 0.6) is 0 Å². The van der Waals surface area contributed by atoms with E-state index >= 15 is 0 Å². The molecule has 1 radical (unpaired) electrons. The molecule has 0 aliphatic rings. The zero-order valence-corrected chi connectivity index (χ0v) is 8.59. The van der Waals surface area contributed by atoms with E-state index in [1.54, 1.807) is 0 Å². The van der Waals surface area contributed by atoms with Crippen LogP contribution in [0, 0.1) is 0 Å². The van der Waals surface area contributed by atoms with Crippen molar-refractivity contribution < 1.29 is 4.79 Å². The Kier molecular flexibility index (Phi) is 6.31. The van der Waals surface area contributed by atoms with Gasteiger partial charge in [-0.1, -0.05) is 36.4 Å². The molecule has 0 rings (SSSR count). The molecule has 0 aromatic rings. The summed E-state index contributed by atoms with van der Waals surface area (Å²) in [5, 5.41) is 0. The first-order valence-electron chi connectivity index (χ1n) is 3.48. The maximum atomic E-state index is 10.1. The van der Waals surface area contributed by atoms with E-state index in [9.17, 15) is 4.79 Å². The van der Waals surface area contributed by atoms with E-state index in [2.05, 4.69) is 41.3 Å². The predicted molar refractivity (Wildman–Crippen MR) is 51.3 cm³/mol. The molecular weight excluding hydrogens is 241 g/mol. The Labute approximate surface area is 76.1 Å². The SMILES string of the molecule is CCN(CC)CC(I)[C]=O. The van der Waals surface area contributed by atoms with Gasteiger partial charge >= 0.3 is 0 Å². The van der Waals surface area contributed by atoms with Gasteiger partial charge in [-0.2, -0.15) is 0 Å². The molecule has 0 spiro atoms. The van der Waals surface area contributed by atoms with Crippen LogP contribution in [0.1, 0.15) is 13.8 Å². The number of hydrogen-bond donors (Lipinski definition) is 0. The summed E-state index contributed by atoms with van der Waals surface area (Å²) >= 11 is 2.10. The van der Waals surface area contributed by atoms with Crippen molar-refractivity contribution >= 4 is 28.9 Å². The summed E-state index contributed by atoms with van der Waals surface area (Å²) in [6.45, 7) is 7.04. The smallest absolute Gasteiger partial charge is 0.213 e. The van der Waals surface area contributed by atoms with Gasteiger partial charge in [0.25, 0.3) is 0 Å². The van der Waals surface area contributed by atoms with Gasteiger partial charge in [0.05, 0.1) is 3.92 Å². The molecule has 0 bridgehead atoms. The van der Waals surface area contributed by atoms with Crippen molar-refractivity contribution in [3.05, 3.63) is 0 Å².